The van der Waals surface area contributed by atoms with Crippen molar-refractivity contribution in [2.75, 3.05) is 20.3 Å². The lowest BCUT2D eigenvalue weighted by molar-refractivity contribution is 0.141. The molecular formula is C13H20ClNO. The van der Waals surface area contributed by atoms with E-state index in [0.29, 0.717) is 6.04 Å². The van der Waals surface area contributed by atoms with Crippen molar-refractivity contribution < 1.29 is 4.74 Å². The molecule has 1 aromatic carbocycles. The number of nitrogens with one attached hydrogen (secondary N) is 1. The van der Waals surface area contributed by atoms with E-state index >= 15 is 0 Å². The van der Waals surface area contributed by atoms with Gasteiger partial charge in [-0.25, -0.2) is 0 Å². The fraction of sp³-hybridized carbons (Fsp3) is 0.538. The molecule has 2 nitrogen and oxygen atoms in total. The molecule has 3 heteroatoms. The van der Waals surface area contributed by atoms with Crippen LogP contribution in [0.25, 0.3) is 0 Å². The lowest BCUT2D eigenvalue weighted by Gasteiger charge is -2.16. The second kappa shape index (κ2) is 7.66. The molecule has 0 saturated carbocycles. The standard InChI is InChI=1S/C13H20ClNO/c1-3-16-9-5-8-13(15-2)11-6-4-7-12(14)10-11/h4,6-7,10,13,15H,3,5,8-9H2,1-2H3. The lowest BCUT2D eigenvalue weighted by atomic mass is 10.0. The van der Waals surface area contributed by atoms with Gasteiger partial charge in [0.15, 0.2) is 0 Å². The van der Waals surface area contributed by atoms with Gasteiger partial charge in [0, 0.05) is 24.3 Å². The maximum absolute atomic E-state index is 5.98. The number of benzene rings is 1. The molecule has 0 fully saturated rings. The van der Waals surface area contributed by atoms with Crippen LogP contribution in [-0.4, -0.2) is 20.3 Å². The van der Waals surface area contributed by atoms with Gasteiger partial charge in [-0.1, -0.05) is 23.7 Å². The van der Waals surface area contributed by atoms with Crippen molar-refractivity contribution >= 4 is 11.6 Å². The summed E-state index contributed by atoms with van der Waals surface area (Å²) < 4.78 is 5.33. The summed E-state index contributed by atoms with van der Waals surface area (Å²) in [5.74, 6) is 0. The van der Waals surface area contributed by atoms with E-state index in [-0.39, 0.29) is 0 Å². The zero-order valence-corrected chi connectivity index (χ0v) is 10.8. The van der Waals surface area contributed by atoms with Gasteiger partial charge in [0.2, 0.25) is 0 Å². The number of hydrogen-bond donors (Lipinski definition) is 1. The van der Waals surface area contributed by atoms with Crippen molar-refractivity contribution in [2.24, 2.45) is 0 Å². The van der Waals surface area contributed by atoms with Gasteiger partial charge in [-0.2, -0.15) is 0 Å². The number of hydrogen-bond acceptors (Lipinski definition) is 2. The van der Waals surface area contributed by atoms with Crippen LogP contribution in [0.4, 0.5) is 0 Å². The third kappa shape index (κ3) is 4.52. The molecule has 0 aromatic heterocycles. The molecule has 1 unspecified atom stereocenters. The van der Waals surface area contributed by atoms with E-state index in [1.165, 1.54) is 5.56 Å². The molecule has 1 N–H and O–H groups in total. The van der Waals surface area contributed by atoms with Crippen LogP contribution in [0, 0.1) is 0 Å². The Morgan fingerprint density at radius 2 is 2.25 bits per heavy atom. The Balaban J connectivity index is 2.47. The first kappa shape index (κ1) is 13.5. The van der Waals surface area contributed by atoms with Gasteiger partial charge in [0.25, 0.3) is 0 Å². The first-order valence-corrected chi connectivity index (χ1v) is 6.16. The van der Waals surface area contributed by atoms with E-state index in [2.05, 4.69) is 11.4 Å². The molecule has 1 aromatic rings. The van der Waals surface area contributed by atoms with Gasteiger partial charge in [0.1, 0.15) is 0 Å². The molecule has 90 valence electrons. The third-order valence-electron chi connectivity index (χ3n) is 2.59. The highest BCUT2D eigenvalue weighted by atomic mass is 35.5. The van der Waals surface area contributed by atoms with Gasteiger partial charge >= 0.3 is 0 Å². The minimum absolute atomic E-state index is 0.360. The summed E-state index contributed by atoms with van der Waals surface area (Å²) in [5.41, 5.74) is 1.24. The molecule has 16 heavy (non-hydrogen) atoms. The first-order valence-electron chi connectivity index (χ1n) is 5.78. The number of ether oxygens (including phenoxy) is 1. The summed E-state index contributed by atoms with van der Waals surface area (Å²) in [5, 5.41) is 4.10. The molecule has 0 saturated heterocycles. The topological polar surface area (TPSA) is 21.3 Å². The highest BCUT2D eigenvalue weighted by Crippen LogP contribution is 2.21. The minimum Gasteiger partial charge on any atom is -0.382 e. The van der Waals surface area contributed by atoms with Crippen molar-refractivity contribution in [2.45, 2.75) is 25.8 Å². The van der Waals surface area contributed by atoms with Crippen molar-refractivity contribution in [1.29, 1.82) is 0 Å². The zero-order chi connectivity index (χ0) is 11.8. The zero-order valence-electron chi connectivity index (χ0n) is 10.0. The van der Waals surface area contributed by atoms with Crippen LogP contribution in [0.3, 0.4) is 0 Å². The van der Waals surface area contributed by atoms with Crippen molar-refractivity contribution in [3.05, 3.63) is 34.9 Å². The van der Waals surface area contributed by atoms with Gasteiger partial charge in [-0.15, -0.1) is 0 Å². The quantitative estimate of drug-likeness (QED) is 0.739. The minimum atomic E-state index is 0.360. The number of halogens is 1. The average Bonchev–Trinajstić information content (AvgIpc) is 2.29. The lowest BCUT2D eigenvalue weighted by Crippen LogP contribution is -2.16. The Labute approximate surface area is 103 Å². The molecule has 0 bridgehead atoms. The fourth-order valence-electron chi connectivity index (χ4n) is 1.73. The van der Waals surface area contributed by atoms with E-state index < -0.39 is 0 Å². The highest BCUT2D eigenvalue weighted by molar-refractivity contribution is 6.30. The SMILES string of the molecule is CCOCCCC(NC)c1cccc(Cl)c1. The Morgan fingerprint density at radius 1 is 1.44 bits per heavy atom. The van der Waals surface area contributed by atoms with Gasteiger partial charge in [-0.3, -0.25) is 0 Å². The van der Waals surface area contributed by atoms with Crippen LogP contribution in [0.5, 0.6) is 0 Å². The van der Waals surface area contributed by atoms with Gasteiger partial charge in [-0.05, 0) is 44.5 Å². The summed E-state index contributed by atoms with van der Waals surface area (Å²) in [6.07, 6.45) is 2.13. The van der Waals surface area contributed by atoms with Crippen molar-refractivity contribution in [1.82, 2.24) is 5.32 Å². The fourth-order valence-corrected chi connectivity index (χ4v) is 1.93. The molecule has 0 aliphatic rings. The van der Waals surface area contributed by atoms with Crippen LogP contribution in [-0.2, 0) is 4.74 Å². The van der Waals surface area contributed by atoms with Gasteiger partial charge in [0.05, 0.1) is 0 Å². The molecule has 0 aliphatic heterocycles. The largest absolute Gasteiger partial charge is 0.382 e. The van der Waals surface area contributed by atoms with Crippen LogP contribution in [0.2, 0.25) is 5.02 Å². The molecule has 0 spiro atoms. The predicted molar refractivity (Wildman–Crippen MR) is 69.0 cm³/mol. The van der Waals surface area contributed by atoms with E-state index in [0.717, 1.165) is 31.1 Å². The summed E-state index contributed by atoms with van der Waals surface area (Å²) >= 11 is 5.98. The van der Waals surface area contributed by atoms with Crippen LogP contribution >= 0.6 is 11.6 Å². The Bertz CT molecular complexity index is 304. The summed E-state index contributed by atoms with van der Waals surface area (Å²) in [6.45, 7) is 3.64. The molecule has 1 atom stereocenters. The maximum atomic E-state index is 5.98. The van der Waals surface area contributed by atoms with Crippen LogP contribution in [0.1, 0.15) is 31.4 Å². The Morgan fingerprint density at radius 3 is 2.88 bits per heavy atom. The molecular weight excluding hydrogens is 222 g/mol. The van der Waals surface area contributed by atoms with Crippen LogP contribution < -0.4 is 5.32 Å². The van der Waals surface area contributed by atoms with E-state index in [9.17, 15) is 0 Å². The summed E-state index contributed by atoms with van der Waals surface area (Å²) in [4.78, 5) is 0. The van der Waals surface area contributed by atoms with Crippen LogP contribution in [0.15, 0.2) is 24.3 Å². The summed E-state index contributed by atoms with van der Waals surface area (Å²) in [7, 11) is 1.98. The third-order valence-corrected chi connectivity index (χ3v) is 2.82. The van der Waals surface area contributed by atoms with Gasteiger partial charge < -0.3 is 10.1 Å². The highest BCUT2D eigenvalue weighted by Gasteiger charge is 2.08. The summed E-state index contributed by atoms with van der Waals surface area (Å²) in [6, 6.07) is 8.37. The number of rotatable bonds is 7. The monoisotopic (exact) mass is 241 g/mol. The van der Waals surface area contributed by atoms with E-state index in [4.69, 9.17) is 16.3 Å². The molecule has 0 radical (unpaired) electrons. The molecule has 1 rings (SSSR count). The van der Waals surface area contributed by atoms with Crippen molar-refractivity contribution in [3.63, 3.8) is 0 Å². The second-order valence-corrected chi connectivity index (χ2v) is 4.17. The molecule has 0 heterocycles. The first-order chi connectivity index (χ1) is 7.77. The maximum Gasteiger partial charge on any atom is 0.0466 e. The molecule has 0 amide bonds. The second-order valence-electron chi connectivity index (χ2n) is 3.74. The Kier molecular flexibility index (Phi) is 6.46. The van der Waals surface area contributed by atoms with E-state index in [1.54, 1.807) is 0 Å². The Hall–Kier alpha value is -0.570. The normalized spacial score (nSPS) is 12.7. The molecule has 0 aliphatic carbocycles. The van der Waals surface area contributed by atoms with Crippen molar-refractivity contribution in [3.8, 4) is 0 Å². The average molecular weight is 242 g/mol. The predicted octanol–water partition coefficient (Wildman–Crippen LogP) is 3.42. The van der Waals surface area contributed by atoms with E-state index in [1.807, 2.05) is 32.2 Å². The smallest absolute Gasteiger partial charge is 0.0466 e.